The summed E-state index contributed by atoms with van der Waals surface area (Å²) in [5.74, 6) is 1.11. The molecule has 0 aliphatic heterocycles. The molecule has 3 aromatic rings. The quantitative estimate of drug-likeness (QED) is 0.567. The van der Waals surface area contributed by atoms with Crippen molar-refractivity contribution in [3.8, 4) is 0 Å². The number of likely N-dealkylation sites (N-methyl/N-ethyl adjacent to an activating group) is 1. The minimum atomic E-state index is 0.0892. The van der Waals surface area contributed by atoms with Crippen LogP contribution in [0.1, 0.15) is 48.1 Å². The van der Waals surface area contributed by atoms with Crippen LogP contribution >= 0.6 is 11.3 Å². The number of amides is 1. The summed E-state index contributed by atoms with van der Waals surface area (Å²) >= 11 is 1.84. The van der Waals surface area contributed by atoms with Gasteiger partial charge < -0.3 is 10.6 Å². The summed E-state index contributed by atoms with van der Waals surface area (Å²) in [7, 11) is 2.07. The average molecular weight is 450 g/mol. The van der Waals surface area contributed by atoms with Gasteiger partial charge in [0.15, 0.2) is 0 Å². The van der Waals surface area contributed by atoms with E-state index in [1.807, 2.05) is 41.7 Å². The first-order valence-corrected chi connectivity index (χ1v) is 12.5. The highest BCUT2D eigenvalue weighted by Gasteiger charge is 2.27. The maximum Gasteiger partial charge on any atom is 0.234 e. The normalized spacial score (nSPS) is 20.4. The zero-order valence-electron chi connectivity index (χ0n) is 18.6. The summed E-state index contributed by atoms with van der Waals surface area (Å²) in [5.41, 5.74) is 2.60. The summed E-state index contributed by atoms with van der Waals surface area (Å²) in [6.07, 6.45) is 9.67. The second-order valence-electron chi connectivity index (χ2n) is 9.09. The van der Waals surface area contributed by atoms with Crippen molar-refractivity contribution in [2.75, 3.05) is 18.9 Å². The Bertz CT molecular complexity index is 1070. The summed E-state index contributed by atoms with van der Waals surface area (Å²) in [6, 6.07) is 10.9. The van der Waals surface area contributed by atoms with E-state index >= 15 is 0 Å². The van der Waals surface area contributed by atoms with Gasteiger partial charge in [-0.25, -0.2) is 9.97 Å². The molecule has 2 aromatic heterocycles. The summed E-state index contributed by atoms with van der Waals surface area (Å²) in [5, 5.41) is 8.04. The summed E-state index contributed by atoms with van der Waals surface area (Å²) in [4.78, 5) is 26.4. The van der Waals surface area contributed by atoms with Gasteiger partial charge in [-0.05, 0) is 63.1 Å². The number of aryl methyl sites for hydroxylation is 2. The Morgan fingerprint density at radius 1 is 1.12 bits per heavy atom. The van der Waals surface area contributed by atoms with Crippen LogP contribution in [0.2, 0.25) is 0 Å². The molecular formula is C25H31N5OS. The molecule has 6 nitrogen and oxygen atoms in total. The van der Waals surface area contributed by atoms with Gasteiger partial charge in [0.05, 0.1) is 11.9 Å². The Kier molecular flexibility index (Phi) is 6.37. The predicted octanol–water partition coefficient (Wildman–Crippen LogP) is 4.15. The van der Waals surface area contributed by atoms with Crippen LogP contribution < -0.4 is 10.6 Å². The van der Waals surface area contributed by atoms with Gasteiger partial charge in [0, 0.05) is 23.5 Å². The largest absolute Gasteiger partial charge is 0.367 e. The minimum absolute atomic E-state index is 0.0892. The first-order chi connectivity index (χ1) is 15.7. The van der Waals surface area contributed by atoms with Crippen LogP contribution in [0.4, 0.5) is 5.82 Å². The zero-order chi connectivity index (χ0) is 21.9. The van der Waals surface area contributed by atoms with Gasteiger partial charge in [-0.3, -0.25) is 9.69 Å². The molecule has 1 saturated carbocycles. The Morgan fingerprint density at radius 3 is 2.75 bits per heavy atom. The van der Waals surface area contributed by atoms with Crippen molar-refractivity contribution in [2.45, 2.75) is 63.6 Å². The molecule has 0 radical (unpaired) electrons. The van der Waals surface area contributed by atoms with Gasteiger partial charge in [0.1, 0.15) is 17.0 Å². The van der Waals surface area contributed by atoms with Crippen molar-refractivity contribution in [1.29, 1.82) is 0 Å². The number of nitrogens with zero attached hydrogens (tertiary/aromatic N) is 3. The highest BCUT2D eigenvalue weighted by molar-refractivity contribution is 7.19. The Balaban J connectivity index is 1.12. The topological polar surface area (TPSA) is 70.2 Å². The molecule has 0 spiro atoms. The number of fused-ring (bicyclic) bond motifs is 3. The highest BCUT2D eigenvalue weighted by Crippen LogP contribution is 2.39. The number of hydrogen-bond donors (Lipinski definition) is 2. The number of carbonyl (C=O) groups excluding carboxylic acids is 1. The standard InChI is InChI=1S/C25H31N5OS/c1-30(15-22(31)26-14-17-6-3-2-4-7-17)19-12-10-18(11-13-19)29-24-23-20-8-5-9-21(20)32-25(23)28-16-27-24/h2-4,6-7,16,18-19H,5,8-15H2,1H3,(H,26,31)(H,27,28,29). The molecule has 5 rings (SSSR count). The lowest BCUT2D eigenvalue weighted by molar-refractivity contribution is -0.122. The Labute approximate surface area is 193 Å². The number of carbonyl (C=O) groups is 1. The van der Waals surface area contributed by atoms with E-state index in [1.165, 1.54) is 28.7 Å². The molecule has 7 heteroatoms. The van der Waals surface area contributed by atoms with Crippen LogP contribution in [0.5, 0.6) is 0 Å². The molecule has 0 saturated heterocycles. The van der Waals surface area contributed by atoms with Crippen LogP contribution in [0.25, 0.3) is 10.2 Å². The monoisotopic (exact) mass is 449 g/mol. The highest BCUT2D eigenvalue weighted by atomic mass is 32.1. The molecule has 168 valence electrons. The second-order valence-corrected chi connectivity index (χ2v) is 10.2. The van der Waals surface area contributed by atoms with Crippen molar-refractivity contribution >= 4 is 33.3 Å². The number of nitrogens with one attached hydrogen (secondary N) is 2. The second kappa shape index (κ2) is 9.55. The molecule has 1 fully saturated rings. The van der Waals surface area contributed by atoms with E-state index in [-0.39, 0.29) is 5.91 Å². The van der Waals surface area contributed by atoms with Crippen molar-refractivity contribution in [1.82, 2.24) is 20.2 Å². The van der Waals surface area contributed by atoms with Crippen LogP contribution in [0, 0.1) is 0 Å². The number of anilines is 1. The maximum absolute atomic E-state index is 12.4. The zero-order valence-corrected chi connectivity index (χ0v) is 19.5. The smallest absolute Gasteiger partial charge is 0.234 e. The predicted molar refractivity (Wildman–Crippen MR) is 130 cm³/mol. The fourth-order valence-corrected chi connectivity index (χ4v) is 6.33. The lowest BCUT2D eigenvalue weighted by atomic mass is 9.90. The number of benzene rings is 1. The SMILES string of the molecule is CN(CC(=O)NCc1ccccc1)C1CCC(Nc2ncnc3sc4c(c23)CCC4)CC1. The minimum Gasteiger partial charge on any atom is -0.367 e. The summed E-state index contributed by atoms with van der Waals surface area (Å²) in [6.45, 7) is 1.03. The van der Waals surface area contributed by atoms with Crippen LogP contribution in [0.15, 0.2) is 36.7 Å². The van der Waals surface area contributed by atoms with Crippen molar-refractivity contribution in [3.05, 3.63) is 52.7 Å². The molecule has 2 heterocycles. The molecule has 1 aromatic carbocycles. The lowest BCUT2D eigenvalue weighted by Gasteiger charge is -2.34. The van der Waals surface area contributed by atoms with Crippen LogP contribution in [-0.4, -0.2) is 46.5 Å². The molecule has 1 amide bonds. The fourth-order valence-electron chi connectivity index (χ4n) is 5.10. The molecule has 0 atom stereocenters. The summed E-state index contributed by atoms with van der Waals surface area (Å²) < 4.78 is 0. The van der Waals surface area contributed by atoms with Gasteiger partial charge in [-0.15, -0.1) is 11.3 Å². The maximum atomic E-state index is 12.4. The third kappa shape index (κ3) is 4.64. The fraction of sp³-hybridized carbons (Fsp3) is 0.480. The molecule has 0 bridgehead atoms. The molecule has 2 aliphatic carbocycles. The molecule has 32 heavy (non-hydrogen) atoms. The van der Waals surface area contributed by atoms with E-state index in [1.54, 1.807) is 6.33 Å². The lowest BCUT2D eigenvalue weighted by Crippen LogP contribution is -2.43. The number of aromatic nitrogens is 2. The average Bonchev–Trinajstić information content (AvgIpc) is 3.40. The van der Waals surface area contributed by atoms with E-state index in [2.05, 4.69) is 32.5 Å². The Morgan fingerprint density at radius 2 is 1.94 bits per heavy atom. The molecule has 2 N–H and O–H groups in total. The molecular weight excluding hydrogens is 418 g/mol. The van der Waals surface area contributed by atoms with E-state index in [4.69, 9.17) is 0 Å². The van der Waals surface area contributed by atoms with Gasteiger partial charge in [-0.1, -0.05) is 30.3 Å². The van der Waals surface area contributed by atoms with Crippen molar-refractivity contribution in [2.24, 2.45) is 0 Å². The molecule has 2 aliphatic rings. The van der Waals surface area contributed by atoms with Crippen molar-refractivity contribution in [3.63, 3.8) is 0 Å². The third-order valence-corrected chi connectivity index (χ3v) is 8.09. The van der Waals surface area contributed by atoms with E-state index < -0.39 is 0 Å². The third-order valence-electron chi connectivity index (χ3n) is 6.89. The number of rotatable bonds is 7. The van der Waals surface area contributed by atoms with Gasteiger partial charge in [0.25, 0.3) is 0 Å². The van der Waals surface area contributed by atoms with Crippen molar-refractivity contribution < 1.29 is 4.79 Å². The first-order valence-electron chi connectivity index (χ1n) is 11.7. The van der Waals surface area contributed by atoms with Gasteiger partial charge in [0.2, 0.25) is 5.91 Å². The molecule has 0 unspecified atom stereocenters. The van der Waals surface area contributed by atoms with Crippen LogP contribution in [-0.2, 0) is 24.2 Å². The van der Waals surface area contributed by atoms with Crippen LogP contribution in [0.3, 0.4) is 0 Å². The van der Waals surface area contributed by atoms with E-state index in [0.29, 0.717) is 25.2 Å². The Hall–Kier alpha value is -2.51. The first kappa shape index (κ1) is 21.3. The van der Waals surface area contributed by atoms with Gasteiger partial charge in [-0.2, -0.15) is 0 Å². The van der Waals surface area contributed by atoms with Gasteiger partial charge >= 0.3 is 0 Å². The number of hydrogen-bond acceptors (Lipinski definition) is 6. The van der Waals surface area contributed by atoms with E-state index in [9.17, 15) is 4.79 Å². The van der Waals surface area contributed by atoms with E-state index in [0.717, 1.165) is 48.3 Å². The number of thiophene rings is 1.